The molecule has 1 heterocycles. The maximum absolute atomic E-state index is 11.7. The maximum atomic E-state index is 11.7. The summed E-state index contributed by atoms with van der Waals surface area (Å²) < 4.78 is 0. The zero-order valence-corrected chi connectivity index (χ0v) is 11.5. The highest BCUT2D eigenvalue weighted by Gasteiger charge is 2.15. The van der Waals surface area contributed by atoms with Crippen LogP contribution in [0.15, 0.2) is 5.38 Å². The van der Waals surface area contributed by atoms with Crippen molar-refractivity contribution in [3.8, 4) is 0 Å². The Morgan fingerprint density at radius 3 is 3.00 bits per heavy atom. The van der Waals surface area contributed by atoms with Crippen molar-refractivity contribution in [1.29, 1.82) is 0 Å². The number of carboxylic acids is 1. The minimum absolute atomic E-state index is 0.148. The van der Waals surface area contributed by atoms with Crippen molar-refractivity contribution < 1.29 is 14.7 Å². The van der Waals surface area contributed by atoms with Crippen LogP contribution >= 0.6 is 23.1 Å². The second-order valence-electron chi connectivity index (χ2n) is 3.59. The fourth-order valence-electron chi connectivity index (χ4n) is 1.17. The van der Waals surface area contributed by atoms with Crippen LogP contribution in [0, 0.1) is 0 Å². The van der Waals surface area contributed by atoms with E-state index >= 15 is 0 Å². The number of rotatable bonds is 7. The molecular weight excluding hydrogens is 274 g/mol. The van der Waals surface area contributed by atoms with Gasteiger partial charge < -0.3 is 16.2 Å². The predicted molar refractivity (Wildman–Crippen MR) is 73.1 cm³/mol. The molecule has 0 saturated carbocycles. The molecule has 1 atom stereocenters. The van der Waals surface area contributed by atoms with Gasteiger partial charge in [-0.25, -0.2) is 4.98 Å². The Kier molecular flexibility index (Phi) is 6.10. The number of amides is 1. The van der Waals surface area contributed by atoms with Gasteiger partial charge >= 0.3 is 5.97 Å². The lowest BCUT2D eigenvalue weighted by Gasteiger charge is -2.09. The first-order valence-electron chi connectivity index (χ1n) is 5.24. The van der Waals surface area contributed by atoms with Crippen molar-refractivity contribution in [2.75, 3.05) is 17.3 Å². The van der Waals surface area contributed by atoms with E-state index in [1.165, 1.54) is 11.3 Å². The number of carbonyl (C=O) groups is 2. The number of carbonyl (C=O) groups excluding carboxylic acids is 1. The maximum Gasteiger partial charge on any atom is 0.309 e. The Hall–Kier alpha value is -1.12. The SMILES string of the molecule is CSCC[C@H](N)C(=O)Nc1nc(CC(=O)O)cs1. The third-order valence-corrected chi connectivity index (χ3v) is 3.53. The van der Waals surface area contributed by atoms with E-state index in [0.29, 0.717) is 17.2 Å². The summed E-state index contributed by atoms with van der Waals surface area (Å²) in [7, 11) is 0. The van der Waals surface area contributed by atoms with E-state index in [4.69, 9.17) is 10.8 Å². The van der Waals surface area contributed by atoms with Gasteiger partial charge in [-0.2, -0.15) is 11.8 Å². The number of hydrogen-bond donors (Lipinski definition) is 3. The molecule has 0 aliphatic carbocycles. The average molecular weight is 289 g/mol. The molecule has 1 aromatic heterocycles. The molecule has 8 heteroatoms. The zero-order chi connectivity index (χ0) is 13.5. The highest BCUT2D eigenvalue weighted by molar-refractivity contribution is 7.98. The highest BCUT2D eigenvalue weighted by atomic mass is 32.2. The quantitative estimate of drug-likeness (QED) is 0.685. The van der Waals surface area contributed by atoms with Crippen molar-refractivity contribution in [3.05, 3.63) is 11.1 Å². The summed E-state index contributed by atoms with van der Waals surface area (Å²) in [5, 5.41) is 13.2. The van der Waals surface area contributed by atoms with Crippen molar-refractivity contribution in [2.45, 2.75) is 18.9 Å². The lowest BCUT2D eigenvalue weighted by atomic mass is 10.2. The second-order valence-corrected chi connectivity index (χ2v) is 5.44. The minimum Gasteiger partial charge on any atom is -0.481 e. The van der Waals surface area contributed by atoms with E-state index in [2.05, 4.69) is 10.3 Å². The normalized spacial score (nSPS) is 12.1. The molecule has 1 rings (SSSR count). The van der Waals surface area contributed by atoms with Crippen molar-refractivity contribution in [1.82, 2.24) is 4.98 Å². The predicted octanol–water partition coefficient (Wildman–Crippen LogP) is 0.789. The van der Waals surface area contributed by atoms with Crippen LogP contribution in [0.5, 0.6) is 0 Å². The van der Waals surface area contributed by atoms with Gasteiger partial charge in [0.15, 0.2) is 5.13 Å². The molecule has 0 aliphatic heterocycles. The van der Waals surface area contributed by atoms with Crippen molar-refractivity contribution in [3.63, 3.8) is 0 Å². The minimum atomic E-state index is -0.949. The summed E-state index contributed by atoms with van der Waals surface area (Å²) in [4.78, 5) is 26.1. The van der Waals surface area contributed by atoms with Crippen LogP contribution in [0.1, 0.15) is 12.1 Å². The number of thiazole rings is 1. The number of nitrogens with zero attached hydrogens (tertiary/aromatic N) is 1. The monoisotopic (exact) mass is 289 g/mol. The molecule has 4 N–H and O–H groups in total. The lowest BCUT2D eigenvalue weighted by molar-refractivity contribution is -0.136. The number of nitrogens with one attached hydrogen (secondary N) is 1. The Balaban J connectivity index is 2.48. The first-order valence-corrected chi connectivity index (χ1v) is 7.52. The summed E-state index contributed by atoms with van der Waals surface area (Å²) in [5.41, 5.74) is 6.13. The number of anilines is 1. The molecule has 0 radical (unpaired) electrons. The van der Waals surface area contributed by atoms with E-state index in [1.54, 1.807) is 17.1 Å². The Morgan fingerprint density at radius 2 is 2.39 bits per heavy atom. The van der Waals surface area contributed by atoms with Gasteiger partial charge in [0.1, 0.15) is 0 Å². The number of aliphatic carboxylic acids is 1. The zero-order valence-electron chi connectivity index (χ0n) is 9.88. The first-order chi connectivity index (χ1) is 8.52. The van der Waals surface area contributed by atoms with Gasteiger partial charge in [0, 0.05) is 5.38 Å². The molecular formula is C10H15N3O3S2. The van der Waals surface area contributed by atoms with Gasteiger partial charge in [0.25, 0.3) is 0 Å². The molecule has 0 spiro atoms. The van der Waals surface area contributed by atoms with Crippen molar-refractivity contribution in [2.24, 2.45) is 5.73 Å². The molecule has 0 saturated heterocycles. The first kappa shape index (κ1) is 14.9. The Labute approximate surface area is 113 Å². The topological polar surface area (TPSA) is 105 Å². The van der Waals surface area contributed by atoms with Gasteiger partial charge in [-0.05, 0) is 18.4 Å². The Bertz CT molecular complexity index is 422. The number of thioether (sulfide) groups is 1. The van der Waals surface area contributed by atoms with Crippen LogP contribution in [0.25, 0.3) is 0 Å². The molecule has 1 aromatic rings. The molecule has 0 unspecified atom stereocenters. The van der Waals surface area contributed by atoms with E-state index in [1.807, 2.05) is 6.26 Å². The van der Waals surface area contributed by atoms with E-state index in [9.17, 15) is 9.59 Å². The smallest absolute Gasteiger partial charge is 0.309 e. The van der Waals surface area contributed by atoms with E-state index < -0.39 is 12.0 Å². The summed E-state index contributed by atoms with van der Waals surface area (Å²) in [6.07, 6.45) is 2.40. The van der Waals surface area contributed by atoms with Gasteiger partial charge in [-0.1, -0.05) is 0 Å². The lowest BCUT2D eigenvalue weighted by Crippen LogP contribution is -2.36. The molecule has 6 nitrogen and oxygen atoms in total. The van der Waals surface area contributed by atoms with Crippen LogP contribution in [0.4, 0.5) is 5.13 Å². The highest BCUT2D eigenvalue weighted by Crippen LogP contribution is 2.16. The Morgan fingerprint density at radius 1 is 1.67 bits per heavy atom. The summed E-state index contributed by atoms with van der Waals surface area (Å²) >= 11 is 2.82. The second kappa shape index (κ2) is 7.34. The van der Waals surface area contributed by atoms with Crippen LogP contribution in [0.2, 0.25) is 0 Å². The van der Waals surface area contributed by atoms with Crippen LogP contribution in [-0.2, 0) is 16.0 Å². The van der Waals surface area contributed by atoms with Crippen molar-refractivity contribution >= 4 is 40.1 Å². The third kappa shape index (κ3) is 5.03. The van der Waals surface area contributed by atoms with Gasteiger partial charge in [0.2, 0.25) is 5.91 Å². The molecule has 0 bridgehead atoms. The van der Waals surface area contributed by atoms with Crippen LogP contribution in [0.3, 0.4) is 0 Å². The summed E-state index contributed by atoms with van der Waals surface area (Å²) in [6, 6.07) is -0.565. The van der Waals surface area contributed by atoms with E-state index in [0.717, 1.165) is 5.75 Å². The average Bonchev–Trinajstić information content (AvgIpc) is 2.72. The van der Waals surface area contributed by atoms with Crippen LogP contribution < -0.4 is 11.1 Å². The molecule has 1 amide bonds. The largest absolute Gasteiger partial charge is 0.481 e. The van der Waals surface area contributed by atoms with Crippen LogP contribution in [-0.4, -0.2) is 40.0 Å². The fourth-order valence-corrected chi connectivity index (χ4v) is 2.38. The standard InChI is InChI=1S/C10H15N3O3S2/c1-17-3-2-7(11)9(16)13-10-12-6(5-18-10)4-8(14)15/h5,7H,2-4,11H2,1H3,(H,14,15)(H,12,13,16)/t7-/m0/s1. The van der Waals surface area contributed by atoms with Gasteiger partial charge in [-0.15, -0.1) is 11.3 Å². The molecule has 0 aromatic carbocycles. The number of nitrogens with two attached hydrogens (primary N) is 1. The fraction of sp³-hybridized carbons (Fsp3) is 0.500. The molecule has 100 valence electrons. The molecule has 0 fully saturated rings. The number of hydrogen-bond acceptors (Lipinski definition) is 6. The van der Waals surface area contributed by atoms with E-state index in [-0.39, 0.29) is 12.3 Å². The van der Waals surface area contributed by atoms with Gasteiger partial charge in [-0.3, -0.25) is 9.59 Å². The molecule has 18 heavy (non-hydrogen) atoms. The summed E-state index contributed by atoms with van der Waals surface area (Å²) in [5.74, 6) is -0.424. The summed E-state index contributed by atoms with van der Waals surface area (Å²) in [6.45, 7) is 0. The third-order valence-electron chi connectivity index (χ3n) is 2.08. The molecule has 0 aliphatic rings. The van der Waals surface area contributed by atoms with Gasteiger partial charge in [0.05, 0.1) is 18.2 Å². The number of carboxylic acid groups (broad SMARTS) is 1. The number of aromatic nitrogens is 1.